The first-order valence-corrected chi connectivity index (χ1v) is 8.28. The summed E-state index contributed by atoms with van der Waals surface area (Å²) in [6.45, 7) is 1.35. The van der Waals surface area contributed by atoms with Crippen LogP contribution in [0.3, 0.4) is 0 Å². The Bertz CT molecular complexity index is 515. The Labute approximate surface area is 143 Å². The average Bonchev–Trinajstić information content (AvgIpc) is 2.60. The predicted molar refractivity (Wildman–Crippen MR) is 94.0 cm³/mol. The summed E-state index contributed by atoms with van der Waals surface area (Å²) in [5.41, 5.74) is 1.19. The van der Waals surface area contributed by atoms with Crippen LogP contribution in [-0.4, -0.2) is 48.8 Å². The van der Waals surface area contributed by atoms with E-state index in [1.54, 1.807) is 0 Å². The molecular formula is C20H26O4. The molecule has 2 aromatic carbocycles. The molecule has 2 rings (SSSR count). The number of aliphatic hydroxyl groups excluding tert-OH is 1. The molecule has 0 aliphatic heterocycles. The van der Waals surface area contributed by atoms with Crippen molar-refractivity contribution in [3.63, 3.8) is 0 Å². The first-order chi connectivity index (χ1) is 11.7. The van der Waals surface area contributed by atoms with E-state index in [0.29, 0.717) is 32.7 Å². The van der Waals surface area contributed by atoms with Gasteiger partial charge in [-0.3, -0.25) is 0 Å². The summed E-state index contributed by atoms with van der Waals surface area (Å²) in [5, 5.41) is 19.8. The Kier molecular flexibility index (Phi) is 7.92. The molecule has 0 bridgehead atoms. The van der Waals surface area contributed by atoms with Crippen LogP contribution in [0.25, 0.3) is 0 Å². The van der Waals surface area contributed by atoms with E-state index >= 15 is 0 Å². The van der Waals surface area contributed by atoms with E-state index in [1.807, 2.05) is 60.7 Å². The fraction of sp³-hybridized carbons (Fsp3) is 0.400. The van der Waals surface area contributed by atoms with Crippen LogP contribution in [0, 0.1) is 0 Å². The van der Waals surface area contributed by atoms with Gasteiger partial charge in [0, 0.05) is 12.8 Å². The van der Waals surface area contributed by atoms with Gasteiger partial charge < -0.3 is 19.7 Å². The highest BCUT2D eigenvalue weighted by atomic mass is 16.5. The van der Waals surface area contributed by atoms with Crippen LogP contribution in [0.15, 0.2) is 60.7 Å². The molecular weight excluding hydrogens is 304 g/mol. The van der Waals surface area contributed by atoms with Gasteiger partial charge in [0.05, 0.1) is 38.6 Å². The molecule has 130 valence electrons. The molecule has 2 aromatic rings. The molecule has 0 aliphatic carbocycles. The lowest BCUT2D eigenvalue weighted by Gasteiger charge is -2.28. The SMILES string of the molecule is OCCOCCOCC(O)(Cc1ccccc1)Cc1ccccc1. The van der Waals surface area contributed by atoms with E-state index in [2.05, 4.69) is 0 Å². The maximum atomic E-state index is 11.1. The molecule has 0 spiro atoms. The molecule has 0 amide bonds. The standard InChI is InChI=1S/C20H26O4/c21-11-12-23-13-14-24-17-20(22,15-18-7-3-1-4-8-18)16-19-9-5-2-6-10-19/h1-10,21-22H,11-17H2. The third-order valence-electron chi connectivity index (χ3n) is 3.73. The van der Waals surface area contributed by atoms with Crippen LogP contribution in [0.2, 0.25) is 0 Å². The molecule has 4 nitrogen and oxygen atoms in total. The maximum Gasteiger partial charge on any atom is 0.0960 e. The minimum Gasteiger partial charge on any atom is -0.394 e. The molecule has 0 heterocycles. The zero-order valence-electron chi connectivity index (χ0n) is 13.9. The lowest BCUT2D eigenvalue weighted by atomic mass is 9.88. The first kappa shape index (κ1) is 18.6. The van der Waals surface area contributed by atoms with Crippen molar-refractivity contribution >= 4 is 0 Å². The third kappa shape index (κ3) is 6.81. The summed E-state index contributed by atoms with van der Waals surface area (Å²) in [6.07, 6.45) is 1.06. The molecule has 0 saturated carbocycles. The van der Waals surface area contributed by atoms with E-state index in [4.69, 9.17) is 14.6 Å². The Hall–Kier alpha value is -1.72. The lowest BCUT2D eigenvalue weighted by Crippen LogP contribution is -2.40. The van der Waals surface area contributed by atoms with Crippen molar-refractivity contribution in [1.82, 2.24) is 0 Å². The van der Waals surface area contributed by atoms with Crippen molar-refractivity contribution < 1.29 is 19.7 Å². The van der Waals surface area contributed by atoms with Crippen molar-refractivity contribution in [3.05, 3.63) is 71.8 Å². The van der Waals surface area contributed by atoms with Crippen LogP contribution >= 0.6 is 0 Å². The Morgan fingerprint density at radius 3 is 1.71 bits per heavy atom. The van der Waals surface area contributed by atoms with E-state index < -0.39 is 5.60 Å². The summed E-state index contributed by atoms with van der Waals surface area (Å²) in [4.78, 5) is 0. The molecule has 0 unspecified atom stereocenters. The molecule has 0 aliphatic rings. The highest BCUT2D eigenvalue weighted by Crippen LogP contribution is 2.20. The minimum absolute atomic E-state index is 0.00590. The number of rotatable bonds is 11. The highest BCUT2D eigenvalue weighted by Gasteiger charge is 2.28. The number of hydrogen-bond donors (Lipinski definition) is 2. The van der Waals surface area contributed by atoms with Crippen molar-refractivity contribution in [2.24, 2.45) is 0 Å². The Balaban J connectivity index is 1.95. The zero-order valence-corrected chi connectivity index (χ0v) is 13.9. The smallest absolute Gasteiger partial charge is 0.0960 e. The fourth-order valence-corrected chi connectivity index (χ4v) is 2.66. The molecule has 2 N–H and O–H groups in total. The monoisotopic (exact) mass is 330 g/mol. The van der Waals surface area contributed by atoms with E-state index in [9.17, 15) is 5.11 Å². The van der Waals surface area contributed by atoms with Crippen molar-refractivity contribution in [3.8, 4) is 0 Å². The van der Waals surface area contributed by atoms with E-state index in [-0.39, 0.29) is 13.2 Å². The second kappa shape index (κ2) is 10.2. The van der Waals surface area contributed by atoms with Gasteiger partial charge in [0.1, 0.15) is 0 Å². The summed E-state index contributed by atoms with van der Waals surface area (Å²) in [7, 11) is 0. The quantitative estimate of drug-likeness (QED) is 0.620. The summed E-state index contributed by atoms with van der Waals surface area (Å²) < 4.78 is 10.8. The van der Waals surface area contributed by atoms with Gasteiger partial charge in [0.15, 0.2) is 0 Å². The fourth-order valence-electron chi connectivity index (χ4n) is 2.66. The van der Waals surface area contributed by atoms with Crippen molar-refractivity contribution in [2.75, 3.05) is 33.0 Å². The molecule has 0 atom stereocenters. The molecule has 24 heavy (non-hydrogen) atoms. The van der Waals surface area contributed by atoms with Crippen molar-refractivity contribution in [2.45, 2.75) is 18.4 Å². The number of benzene rings is 2. The number of hydrogen-bond acceptors (Lipinski definition) is 4. The first-order valence-electron chi connectivity index (χ1n) is 8.28. The van der Waals surface area contributed by atoms with Crippen LogP contribution in [0.4, 0.5) is 0 Å². The lowest BCUT2D eigenvalue weighted by molar-refractivity contribution is -0.0591. The maximum absolute atomic E-state index is 11.1. The van der Waals surface area contributed by atoms with Crippen LogP contribution < -0.4 is 0 Å². The van der Waals surface area contributed by atoms with Crippen LogP contribution in [0.5, 0.6) is 0 Å². The number of ether oxygens (including phenoxy) is 2. The molecule has 0 saturated heterocycles. The second-order valence-corrected chi connectivity index (χ2v) is 5.94. The summed E-state index contributed by atoms with van der Waals surface area (Å²) in [6, 6.07) is 19.9. The zero-order chi connectivity index (χ0) is 17.1. The van der Waals surface area contributed by atoms with Gasteiger partial charge in [0.2, 0.25) is 0 Å². The molecule has 0 aromatic heterocycles. The van der Waals surface area contributed by atoms with Crippen molar-refractivity contribution in [1.29, 1.82) is 0 Å². The molecule has 0 radical (unpaired) electrons. The predicted octanol–water partition coefficient (Wildman–Crippen LogP) is 2.23. The average molecular weight is 330 g/mol. The largest absolute Gasteiger partial charge is 0.394 e. The number of aliphatic hydroxyl groups is 2. The van der Waals surface area contributed by atoms with Gasteiger partial charge in [-0.2, -0.15) is 0 Å². The second-order valence-electron chi connectivity index (χ2n) is 5.94. The third-order valence-corrected chi connectivity index (χ3v) is 3.73. The molecule has 4 heteroatoms. The van der Waals surface area contributed by atoms with E-state index in [1.165, 1.54) is 0 Å². The van der Waals surface area contributed by atoms with Gasteiger partial charge in [0.25, 0.3) is 0 Å². The Morgan fingerprint density at radius 1 is 0.708 bits per heavy atom. The minimum atomic E-state index is -0.973. The van der Waals surface area contributed by atoms with E-state index in [0.717, 1.165) is 11.1 Å². The van der Waals surface area contributed by atoms with Gasteiger partial charge in [-0.1, -0.05) is 60.7 Å². The highest BCUT2D eigenvalue weighted by molar-refractivity contribution is 5.21. The topological polar surface area (TPSA) is 58.9 Å². The Morgan fingerprint density at radius 2 is 1.21 bits per heavy atom. The molecule has 0 fully saturated rings. The van der Waals surface area contributed by atoms with Gasteiger partial charge >= 0.3 is 0 Å². The van der Waals surface area contributed by atoms with Crippen LogP contribution in [0.1, 0.15) is 11.1 Å². The van der Waals surface area contributed by atoms with Gasteiger partial charge in [-0.05, 0) is 11.1 Å². The van der Waals surface area contributed by atoms with Crippen LogP contribution in [-0.2, 0) is 22.3 Å². The summed E-state index contributed by atoms with van der Waals surface area (Å²) in [5.74, 6) is 0. The summed E-state index contributed by atoms with van der Waals surface area (Å²) >= 11 is 0. The normalized spacial score (nSPS) is 11.6. The van der Waals surface area contributed by atoms with Gasteiger partial charge in [-0.15, -0.1) is 0 Å². The van der Waals surface area contributed by atoms with Gasteiger partial charge in [-0.25, -0.2) is 0 Å².